The molecule has 0 aliphatic heterocycles. The molecule has 0 unspecified atom stereocenters. The quantitative estimate of drug-likeness (QED) is 0.720. The Bertz CT molecular complexity index is 343. The van der Waals surface area contributed by atoms with E-state index in [4.69, 9.17) is 0 Å². The van der Waals surface area contributed by atoms with E-state index in [1.165, 1.54) is 6.20 Å². The number of hydrogen-bond donors (Lipinski definition) is 0. The molecule has 82 valence electrons. The van der Waals surface area contributed by atoms with E-state index >= 15 is 0 Å². The second-order valence-corrected chi connectivity index (χ2v) is 3.78. The lowest BCUT2D eigenvalue weighted by atomic mass is 10.1. The van der Waals surface area contributed by atoms with Crippen LogP contribution in [0.15, 0.2) is 12.3 Å². The summed E-state index contributed by atoms with van der Waals surface area (Å²) in [6.45, 7) is 0. The summed E-state index contributed by atoms with van der Waals surface area (Å²) in [4.78, 5) is 7.51. The average Bonchev–Trinajstić information content (AvgIpc) is 2.69. The molecule has 0 amide bonds. The van der Waals surface area contributed by atoms with E-state index in [0.717, 1.165) is 31.7 Å². The van der Waals surface area contributed by atoms with E-state index in [-0.39, 0.29) is 5.92 Å². The molecule has 1 aliphatic rings. The van der Waals surface area contributed by atoms with Gasteiger partial charge >= 0.3 is 6.18 Å². The SMILES string of the molecule is FC(F)(F)c1ccnc(C2CCCC2)n1. The van der Waals surface area contributed by atoms with Gasteiger partial charge in [0.2, 0.25) is 0 Å². The first kappa shape index (κ1) is 10.4. The predicted octanol–water partition coefficient (Wildman–Crippen LogP) is 3.15. The first-order chi connectivity index (χ1) is 7.07. The highest BCUT2D eigenvalue weighted by Gasteiger charge is 2.33. The minimum Gasteiger partial charge on any atom is -0.241 e. The van der Waals surface area contributed by atoms with Gasteiger partial charge in [-0.3, -0.25) is 0 Å². The summed E-state index contributed by atoms with van der Waals surface area (Å²) >= 11 is 0. The summed E-state index contributed by atoms with van der Waals surface area (Å²) in [6.07, 6.45) is 0.761. The summed E-state index contributed by atoms with van der Waals surface area (Å²) in [5, 5.41) is 0. The van der Waals surface area contributed by atoms with Crippen LogP contribution in [0.1, 0.15) is 43.1 Å². The van der Waals surface area contributed by atoms with Crippen molar-refractivity contribution in [3.05, 3.63) is 23.8 Å². The minimum absolute atomic E-state index is 0.118. The van der Waals surface area contributed by atoms with Crippen LogP contribution in [-0.2, 0) is 6.18 Å². The molecular weight excluding hydrogens is 205 g/mol. The molecule has 0 N–H and O–H groups in total. The van der Waals surface area contributed by atoms with Crippen molar-refractivity contribution in [1.29, 1.82) is 0 Å². The molecule has 2 nitrogen and oxygen atoms in total. The largest absolute Gasteiger partial charge is 0.433 e. The Morgan fingerprint density at radius 2 is 1.87 bits per heavy atom. The number of rotatable bonds is 1. The van der Waals surface area contributed by atoms with Gasteiger partial charge in [-0.2, -0.15) is 13.2 Å². The monoisotopic (exact) mass is 216 g/mol. The highest BCUT2D eigenvalue weighted by atomic mass is 19.4. The maximum Gasteiger partial charge on any atom is 0.433 e. The summed E-state index contributed by atoms with van der Waals surface area (Å²) in [5.41, 5.74) is -0.834. The van der Waals surface area contributed by atoms with Crippen molar-refractivity contribution >= 4 is 0 Å². The minimum atomic E-state index is -4.36. The lowest BCUT2D eigenvalue weighted by Crippen LogP contribution is -2.11. The highest BCUT2D eigenvalue weighted by molar-refractivity contribution is 5.09. The molecule has 0 saturated heterocycles. The molecule has 15 heavy (non-hydrogen) atoms. The zero-order chi connectivity index (χ0) is 10.9. The Balaban J connectivity index is 2.26. The topological polar surface area (TPSA) is 25.8 Å². The fourth-order valence-electron chi connectivity index (χ4n) is 1.91. The van der Waals surface area contributed by atoms with Gasteiger partial charge in [0.25, 0.3) is 0 Å². The standard InChI is InChI=1S/C10H11F3N2/c11-10(12,13)8-5-6-14-9(15-8)7-3-1-2-4-7/h5-7H,1-4H2. The zero-order valence-corrected chi connectivity index (χ0v) is 8.09. The summed E-state index contributed by atoms with van der Waals surface area (Å²) in [6, 6.07) is 0.915. The molecule has 1 aliphatic carbocycles. The van der Waals surface area contributed by atoms with Crippen molar-refractivity contribution in [3.8, 4) is 0 Å². The van der Waals surface area contributed by atoms with E-state index in [9.17, 15) is 13.2 Å². The smallest absolute Gasteiger partial charge is 0.241 e. The Hall–Kier alpha value is -1.13. The third-order valence-electron chi connectivity index (χ3n) is 2.68. The Labute approximate surface area is 85.6 Å². The number of nitrogens with zero attached hydrogens (tertiary/aromatic N) is 2. The molecule has 0 atom stereocenters. The van der Waals surface area contributed by atoms with Gasteiger partial charge in [-0.25, -0.2) is 9.97 Å². The fourth-order valence-corrected chi connectivity index (χ4v) is 1.91. The molecular formula is C10H11F3N2. The molecule has 0 radical (unpaired) electrons. The third-order valence-corrected chi connectivity index (χ3v) is 2.68. The van der Waals surface area contributed by atoms with Crippen molar-refractivity contribution in [2.75, 3.05) is 0 Å². The van der Waals surface area contributed by atoms with Crippen LogP contribution in [0.25, 0.3) is 0 Å². The Kier molecular flexibility index (Phi) is 2.63. The van der Waals surface area contributed by atoms with Crippen LogP contribution in [0, 0.1) is 0 Å². The van der Waals surface area contributed by atoms with Crippen molar-refractivity contribution in [2.24, 2.45) is 0 Å². The summed E-state index contributed by atoms with van der Waals surface area (Å²) in [5.74, 6) is 0.467. The molecule has 1 fully saturated rings. The number of aromatic nitrogens is 2. The van der Waals surface area contributed by atoms with Crippen LogP contribution in [0.4, 0.5) is 13.2 Å². The van der Waals surface area contributed by atoms with Crippen LogP contribution in [0.2, 0.25) is 0 Å². The Morgan fingerprint density at radius 1 is 1.20 bits per heavy atom. The van der Waals surface area contributed by atoms with Crippen LogP contribution in [-0.4, -0.2) is 9.97 Å². The van der Waals surface area contributed by atoms with Gasteiger partial charge in [-0.05, 0) is 18.9 Å². The van der Waals surface area contributed by atoms with Gasteiger partial charge in [0, 0.05) is 12.1 Å². The van der Waals surface area contributed by atoms with Crippen LogP contribution in [0.3, 0.4) is 0 Å². The second kappa shape index (κ2) is 3.79. The van der Waals surface area contributed by atoms with Crippen LogP contribution >= 0.6 is 0 Å². The first-order valence-electron chi connectivity index (χ1n) is 4.97. The lowest BCUT2D eigenvalue weighted by Gasteiger charge is -2.10. The molecule has 1 heterocycles. The maximum absolute atomic E-state index is 12.4. The molecule has 5 heteroatoms. The fraction of sp³-hybridized carbons (Fsp3) is 0.600. The lowest BCUT2D eigenvalue weighted by molar-refractivity contribution is -0.141. The first-order valence-corrected chi connectivity index (χ1v) is 4.97. The van der Waals surface area contributed by atoms with E-state index in [0.29, 0.717) is 5.82 Å². The van der Waals surface area contributed by atoms with Gasteiger partial charge in [0.05, 0.1) is 0 Å². The van der Waals surface area contributed by atoms with E-state index in [1.54, 1.807) is 0 Å². The predicted molar refractivity (Wildman–Crippen MR) is 48.2 cm³/mol. The summed E-state index contributed by atoms with van der Waals surface area (Å²) < 4.78 is 37.1. The highest BCUT2D eigenvalue weighted by Crippen LogP contribution is 2.33. The van der Waals surface area contributed by atoms with Crippen molar-refractivity contribution in [2.45, 2.75) is 37.8 Å². The van der Waals surface area contributed by atoms with Gasteiger partial charge in [-0.15, -0.1) is 0 Å². The molecule has 1 aromatic rings. The van der Waals surface area contributed by atoms with Crippen LogP contribution < -0.4 is 0 Å². The van der Waals surface area contributed by atoms with Gasteiger partial charge in [-0.1, -0.05) is 12.8 Å². The molecule has 0 aromatic carbocycles. The normalized spacial score (nSPS) is 18.3. The molecule has 1 saturated carbocycles. The molecule has 1 aromatic heterocycles. The maximum atomic E-state index is 12.4. The summed E-state index contributed by atoms with van der Waals surface area (Å²) in [7, 11) is 0. The van der Waals surface area contributed by atoms with Crippen molar-refractivity contribution in [3.63, 3.8) is 0 Å². The number of alkyl halides is 3. The third kappa shape index (κ3) is 2.27. The van der Waals surface area contributed by atoms with Gasteiger partial charge in [0.15, 0.2) is 0 Å². The molecule has 0 bridgehead atoms. The molecule has 2 rings (SSSR count). The van der Waals surface area contributed by atoms with E-state index in [1.807, 2.05) is 0 Å². The molecule has 0 spiro atoms. The second-order valence-electron chi connectivity index (χ2n) is 3.78. The van der Waals surface area contributed by atoms with Gasteiger partial charge in [0.1, 0.15) is 11.5 Å². The van der Waals surface area contributed by atoms with Crippen molar-refractivity contribution in [1.82, 2.24) is 9.97 Å². The van der Waals surface area contributed by atoms with Gasteiger partial charge < -0.3 is 0 Å². The number of halogens is 3. The van der Waals surface area contributed by atoms with E-state index in [2.05, 4.69) is 9.97 Å². The van der Waals surface area contributed by atoms with Crippen LogP contribution in [0.5, 0.6) is 0 Å². The van der Waals surface area contributed by atoms with E-state index < -0.39 is 11.9 Å². The zero-order valence-electron chi connectivity index (χ0n) is 8.09. The Morgan fingerprint density at radius 3 is 2.47 bits per heavy atom. The van der Waals surface area contributed by atoms with Crippen molar-refractivity contribution < 1.29 is 13.2 Å². The number of hydrogen-bond acceptors (Lipinski definition) is 2. The average molecular weight is 216 g/mol.